The number of nitrogens with zero attached hydrogens (tertiary/aromatic N) is 2. The normalized spacial score (nSPS) is 18.9. The van der Waals surface area contributed by atoms with Gasteiger partial charge in [-0.05, 0) is 19.3 Å². The first-order valence-electron chi connectivity index (χ1n) is 5.01. The van der Waals surface area contributed by atoms with Crippen molar-refractivity contribution >= 4 is 0 Å². The summed E-state index contributed by atoms with van der Waals surface area (Å²) < 4.78 is 5.10. The lowest BCUT2D eigenvalue weighted by Gasteiger charge is -2.20. The molecule has 1 unspecified atom stereocenters. The van der Waals surface area contributed by atoms with E-state index in [4.69, 9.17) is 10.3 Å². The summed E-state index contributed by atoms with van der Waals surface area (Å²) in [5, 5.41) is 3.94. The van der Waals surface area contributed by atoms with Crippen molar-refractivity contribution in [3.63, 3.8) is 0 Å². The summed E-state index contributed by atoms with van der Waals surface area (Å²) in [6, 6.07) is -0.200. The molecule has 0 bridgehead atoms. The van der Waals surface area contributed by atoms with Gasteiger partial charge in [-0.2, -0.15) is 4.98 Å². The van der Waals surface area contributed by atoms with Crippen LogP contribution in [0.15, 0.2) is 17.2 Å². The Morgan fingerprint density at radius 1 is 1.64 bits per heavy atom. The summed E-state index contributed by atoms with van der Waals surface area (Å²) in [4.78, 5) is 4.30. The number of hydrogen-bond acceptors (Lipinski definition) is 4. The first kappa shape index (κ1) is 9.40. The van der Waals surface area contributed by atoms with Crippen LogP contribution in [0.3, 0.4) is 0 Å². The fraction of sp³-hybridized carbons (Fsp3) is 0.600. The van der Waals surface area contributed by atoms with Crippen LogP contribution in [0.5, 0.6) is 0 Å². The minimum atomic E-state index is -0.200. The highest BCUT2D eigenvalue weighted by Crippen LogP contribution is 2.34. The summed E-state index contributed by atoms with van der Waals surface area (Å²) in [5.41, 5.74) is 5.81. The lowest BCUT2D eigenvalue weighted by atomic mass is 9.85. The Labute approximate surface area is 83.2 Å². The molecule has 1 heterocycles. The zero-order valence-electron chi connectivity index (χ0n) is 8.15. The third kappa shape index (κ3) is 1.70. The van der Waals surface area contributed by atoms with Crippen molar-refractivity contribution in [3.05, 3.63) is 24.4 Å². The van der Waals surface area contributed by atoms with Crippen molar-refractivity contribution in [2.24, 2.45) is 5.73 Å². The highest BCUT2D eigenvalue weighted by atomic mass is 16.5. The Bertz CT molecular complexity index is 317. The average Bonchev–Trinajstić information content (AvgIpc) is 2.50. The molecule has 1 aromatic heterocycles. The minimum Gasteiger partial charge on any atom is -0.338 e. The largest absolute Gasteiger partial charge is 0.338 e. The first-order chi connectivity index (χ1) is 6.81. The molecule has 1 saturated carbocycles. The van der Waals surface area contributed by atoms with E-state index in [1.54, 1.807) is 6.08 Å². The summed E-state index contributed by atoms with van der Waals surface area (Å²) in [6.07, 6.45) is 6.06. The number of nitrogens with two attached hydrogens (primary N) is 1. The van der Waals surface area contributed by atoms with Crippen molar-refractivity contribution in [3.8, 4) is 0 Å². The van der Waals surface area contributed by atoms with Crippen LogP contribution < -0.4 is 5.73 Å². The first-order valence-corrected chi connectivity index (χ1v) is 5.01. The zero-order valence-corrected chi connectivity index (χ0v) is 8.15. The second-order valence-corrected chi connectivity index (χ2v) is 3.75. The fourth-order valence-electron chi connectivity index (χ4n) is 1.51. The lowest BCUT2D eigenvalue weighted by molar-refractivity contribution is 0.335. The lowest BCUT2D eigenvalue weighted by Crippen LogP contribution is -2.12. The molecule has 4 nitrogen and oxygen atoms in total. The Morgan fingerprint density at radius 2 is 2.43 bits per heavy atom. The molecule has 2 rings (SSSR count). The highest BCUT2D eigenvalue weighted by molar-refractivity contribution is 5.02. The third-order valence-corrected chi connectivity index (χ3v) is 2.67. The van der Waals surface area contributed by atoms with Gasteiger partial charge in [-0.15, -0.1) is 6.58 Å². The van der Waals surface area contributed by atoms with Crippen molar-refractivity contribution in [1.29, 1.82) is 0 Å². The fourth-order valence-corrected chi connectivity index (χ4v) is 1.51. The van der Waals surface area contributed by atoms with Crippen molar-refractivity contribution in [1.82, 2.24) is 10.1 Å². The van der Waals surface area contributed by atoms with Crippen LogP contribution in [0.4, 0.5) is 0 Å². The molecule has 0 aromatic carbocycles. The molecule has 1 aromatic rings. The van der Waals surface area contributed by atoms with Gasteiger partial charge in [0.25, 0.3) is 0 Å². The maximum absolute atomic E-state index is 5.81. The molecular weight excluding hydrogens is 178 g/mol. The SMILES string of the molecule is C=CCC(N)c1nc(C2CCC2)no1. The van der Waals surface area contributed by atoms with Gasteiger partial charge in [-0.1, -0.05) is 17.7 Å². The Hall–Kier alpha value is -1.16. The van der Waals surface area contributed by atoms with Crippen LogP contribution in [0.1, 0.15) is 49.4 Å². The van der Waals surface area contributed by atoms with Crippen LogP contribution in [0, 0.1) is 0 Å². The predicted octanol–water partition coefficient (Wildman–Crippen LogP) is 1.91. The molecule has 76 valence electrons. The standard InChI is InChI=1S/C10H15N3O/c1-2-4-8(11)10-12-9(13-14-10)7-5-3-6-7/h2,7-8H,1,3-6,11H2. The quantitative estimate of drug-likeness (QED) is 0.742. The molecule has 0 amide bonds. The summed E-state index contributed by atoms with van der Waals surface area (Å²) in [6.45, 7) is 3.63. The van der Waals surface area contributed by atoms with Gasteiger partial charge in [0.05, 0.1) is 6.04 Å². The molecule has 4 heteroatoms. The molecule has 14 heavy (non-hydrogen) atoms. The molecule has 0 radical (unpaired) electrons. The van der Waals surface area contributed by atoms with E-state index >= 15 is 0 Å². The molecule has 2 N–H and O–H groups in total. The zero-order chi connectivity index (χ0) is 9.97. The van der Waals surface area contributed by atoms with Gasteiger partial charge in [-0.25, -0.2) is 0 Å². The minimum absolute atomic E-state index is 0.200. The summed E-state index contributed by atoms with van der Waals surface area (Å²) >= 11 is 0. The van der Waals surface area contributed by atoms with Crippen molar-refractivity contribution < 1.29 is 4.52 Å². The highest BCUT2D eigenvalue weighted by Gasteiger charge is 2.25. The third-order valence-electron chi connectivity index (χ3n) is 2.67. The molecule has 1 atom stereocenters. The Balaban J connectivity index is 2.04. The summed E-state index contributed by atoms with van der Waals surface area (Å²) in [5.74, 6) is 1.86. The van der Waals surface area contributed by atoms with E-state index in [-0.39, 0.29) is 6.04 Å². The molecule has 1 fully saturated rings. The summed E-state index contributed by atoms with van der Waals surface area (Å²) in [7, 11) is 0. The Morgan fingerprint density at radius 3 is 3.00 bits per heavy atom. The van der Waals surface area contributed by atoms with Crippen molar-refractivity contribution in [2.75, 3.05) is 0 Å². The average molecular weight is 193 g/mol. The van der Waals surface area contributed by atoms with Crippen LogP contribution >= 0.6 is 0 Å². The maximum Gasteiger partial charge on any atom is 0.243 e. The number of rotatable bonds is 4. The maximum atomic E-state index is 5.81. The van der Waals surface area contributed by atoms with Gasteiger partial charge >= 0.3 is 0 Å². The molecule has 1 aliphatic rings. The Kier molecular flexibility index (Phi) is 2.63. The second kappa shape index (κ2) is 3.92. The number of aromatic nitrogens is 2. The van der Waals surface area contributed by atoms with E-state index < -0.39 is 0 Å². The van der Waals surface area contributed by atoms with E-state index in [9.17, 15) is 0 Å². The van der Waals surface area contributed by atoms with E-state index in [0.29, 0.717) is 18.2 Å². The molecule has 1 aliphatic carbocycles. The van der Waals surface area contributed by atoms with Gasteiger partial charge in [0, 0.05) is 5.92 Å². The van der Waals surface area contributed by atoms with Crippen LogP contribution in [-0.4, -0.2) is 10.1 Å². The van der Waals surface area contributed by atoms with E-state index in [0.717, 1.165) is 5.82 Å². The van der Waals surface area contributed by atoms with Gasteiger partial charge in [-0.3, -0.25) is 0 Å². The smallest absolute Gasteiger partial charge is 0.243 e. The molecule has 0 spiro atoms. The van der Waals surface area contributed by atoms with Crippen LogP contribution in [0.2, 0.25) is 0 Å². The number of hydrogen-bond donors (Lipinski definition) is 1. The van der Waals surface area contributed by atoms with Crippen LogP contribution in [-0.2, 0) is 0 Å². The van der Waals surface area contributed by atoms with Crippen molar-refractivity contribution in [2.45, 2.75) is 37.6 Å². The molecular formula is C10H15N3O. The molecule has 0 aliphatic heterocycles. The predicted molar refractivity (Wildman–Crippen MR) is 52.6 cm³/mol. The van der Waals surface area contributed by atoms with Gasteiger partial charge < -0.3 is 10.3 Å². The topological polar surface area (TPSA) is 64.9 Å². The van der Waals surface area contributed by atoms with Gasteiger partial charge in [0.15, 0.2) is 5.82 Å². The van der Waals surface area contributed by atoms with Gasteiger partial charge in [0.1, 0.15) is 0 Å². The second-order valence-electron chi connectivity index (χ2n) is 3.75. The van der Waals surface area contributed by atoms with Gasteiger partial charge in [0.2, 0.25) is 5.89 Å². The van der Waals surface area contributed by atoms with E-state index in [1.807, 2.05) is 0 Å². The van der Waals surface area contributed by atoms with Crippen LogP contribution in [0.25, 0.3) is 0 Å². The molecule has 0 saturated heterocycles. The van der Waals surface area contributed by atoms with E-state index in [1.165, 1.54) is 19.3 Å². The monoisotopic (exact) mass is 193 g/mol. The van der Waals surface area contributed by atoms with E-state index in [2.05, 4.69) is 16.7 Å².